The predicted molar refractivity (Wildman–Crippen MR) is 147 cm³/mol. The van der Waals surface area contributed by atoms with Gasteiger partial charge >= 0.3 is 0 Å². The van der Waals surface area contributed by atoms with Gasteiger partial charge in [0.05, 0.1) is 0 Å². The molecule has 4 rings (SSSR count). The Morgan fingerprint density at radius 1 is 1.12 bits per heavy atom. The van der Waals surface area contributed by atoms with Crippen molar-refractivity contribution in [2.45, 2.75) is 62.6 Å². The van der Waals surface area contributed by atoms with Crippen molar-refractivity contribution in [1.82, 2.24) is 4.90 Å². The number of sulfone groups is 1. The van der Waals surface area contributed by atoms with Crippen molar-refractivity contribution in [3.63, 3.8) is 0 Å². The summed E-state index contributed by atoms with van der Waals surface area (Å²) in [5, 5.41) is 4.03. The number of benzene rings is 2. The number of halogens is 1. The van der Waals surface area contributed by atoms with Crippen LogP contribution < -0.4 is 5.32 Å². The number of nitrogens with one attached hydrogen (secondary N) is 1. The molecule has 2 atom stereocenters. The molecule has 3 aromatic rings. The highest BCUT2D eigenvalue weighted by Crippen LogP contribution is 2.39. The molecule has 1 N–H and O–H groups in total. The Morgan fingerprint density at radius 3 is 2.56 bits per heavy atom. The molecule has 34 heavy (non-hydrogen) atoms. The summed E-state index contributed by atoms with van der Waals surface area (Å²) in [4.78, 5) is 2.25. The van der Waals surface area contributed by atoms with Crippen LogP contribution in [0, 0.1) is 6.92 Å². The largest absolute Gasteiger partial charge is 0.369 e. The summed E-state index contributed by atoms with van der Waals surface area (Å²) in [5.74, 6) is 0. The minimum Gasteiger partial charge on any atom is -0.369 e. The molecule has 182 valence electrons. The molecule has 1 heterocycles. The van der Waals surface area contributed by atoms with E-state index in [4.69, 9.17) is 11.6 Å². The van der Waals surface area contributed by atoms with Crippen LogP contribution in [0.5, 0.6) is 0 Å². The van der Waals surface area contributed by atoms with E-state index in [2.05, 4.69) is 50.3 Å². The summed E-state index contributed by atoms with van der Waals surface area (Å²) < 4.78 is 28.3. The van der Waals surface area contributed by atoms with Crippen molar-refractivity contribution in [3.8, 4) is 0 Å². The van der Waals surface area contributed by atoms with Crippen molar-refractivity contribution >= 4 is 54.1 Å². The number of rotatable bonds is 8. The zero-order valence-electron chi connectivity index (χ0n) is 20.7. The number of fused-ring (bicyclic) bond motifs is 2. The van der Waals surface area contributed by atoms with Gasteiger partial charge in [-0.05, 0) is 119 Å². The molecule has 0 bridgehead atoms. The molecular formula is C27H33ClN2O2S2. The van der Waals surface area contributed by atoms with E-state index in [-0.39, 0.29) is 0 Å². The lowest BCUT2D eigenvalue weighted by Crippen LogP contribution is -2.26. The Morgan fingerprint density at radius 2 is 1.85 bits per heavy atom. The monoisotopic (exact) mass is 516 g/mol. The third-order valence-corrected chi connectivity index (χ3v) is 11.2. The minimum absolute atomic E-state index is 0.403. The average molecular weight is 517 g/mol. The molecule has 0 saturated carbocycles. The van der Waals surface area contributed by atoms with Gasteiger partial charge in [-0.2, -0.15) is 0 Å². The summed E-state index contributed by atoms with van der Waals surface area (Å²) in [6, 6.07) is 12.3. The average Bonchev–Trinajstić information content (AvgIpc) is 3.27. The van der Waals surface area contributed by atoms with Crippen LogP contribution in [-0.2, 0) is 16.3 Å². The molecule has 2 unspecified atom stereocenters. The van der Waals surface area contributed by atoms with E-state index in [0.29, 0.717) is 15.3 Å². The minimum atomic E-state index is -3.57. The van der Waals surface area contributed by atoms with Gasteiger partial charge in [-0.25, -0.2) is 8.42 Å². The van der Waals surface area contributed by atoms with E-state index in [9.17, 15) is 8.42 Å². The van der Waals surface area contributed by atoms with Crippen LogP contribution in [0.15, 0.2) is 46.2 Å². The van der Waals surface area contributed by atoms with Gasteiger partial charge in [-0.15, -0.1) is 11.3 Å². The quantitative estimate of drug-likeness (QED) is 0.345. The first kappa shape index (κ1) is 25.2. The zero-order valence-corrected chi connectivity index (χ0v) is 23.1. The van der Waals surface area contributed by atoms with Gasteiger partial charge in [0.25, 0.3) is 0 Å². The molecule has 1 aromatic heterocycles. The zero-order chi connectivity index (χ0) is 24.8. The van der Waals surface area contributed by atoms with E-state index < -0.39 is 15.2 Å². The molecule has 0 aliphatic heterocycles. The normalized spacial score (nSPS) is 15.8. The first-order chi connectivity index (χ1) is 16.0. The molecule has 0 spiro atoms. The molecule has 0 fully saturated rings. The van der Waals surface area contributed by atoms with Gasteiger partial charge in [0, 0.05) is 21.5 Å². The molecule has 0 radical (unpaired) electrons. The summed E-state index contributed by atoms with van der Waals surface area (Å²) >= 11 is 7.46. The number of thiophene rings is 1. The van der Waals surface area contributed by atoms with E-state index in [1.807, 2.05) is 25.1 Å². The highest BCUT2D eigenvalue weighted by Gasteiger charge is 2.29. The summed E-state index contributed by atoms with van der Waals surface area (Å²) in [6.45, 7) is 8.05. The standard InChI is InChI=1S/C27H33ClN2O2S2/c1-16-13-20-8-10-22(15-25(20)23(16)11-7-17(2)30(5)6)29-19(4)34(31,32)27-18(3)24-14-21(28)9-12-26(24)33-27/h8-10,12,14-15,17,19,29H,7,11,13H2,1-6H3. The second-order valence-corrected chi connectivity index (χ2v) is 13.6. The topological polar surface area (TPSA) is 49.4 Å². The Kier molecular flexibility index (Phi) is 7.16. The number of nitrogens with zero attached hydrogens (tertiary/aromatic N) is 1. The highest BCUT2D eigenvalue weighted by atomic mass is 35.5. The second kappa shape index (κ2) is 9.65. The Bertz CT molecular complexity index is 1370. The smallest absolute Gasteiger partial charge is 0.208 e. The van der Waals surface area contributed by atoms with E-state index in [1.165, 1.54) is 33.6 Å². The van der Waals surface area contributed by atoms with Crippen molar-refractivity contribution in [3.05, 3.63) is 63.7 Å². The predicted octanol–water partition coefficient (Wildman–Crippen LogP) is 7.15. The molecule has 0 saturated heterocycles. The van der Waals surface area contributed by atoms with Crippen molar-refractivity contribution in [2.24, 2.45) is 0 Å². The van der Waals surface area contributed by atoms with Crippen molar-refractivity contribution in [1.29, 1.82) is 0 Å². The number of aryl methyl sites for hydroxylation is 1. The molecule has 1 aliphatic carbocycles. The Balaban J connectivity index is 1.57. The van der Waals surface area contributed by atoms with Crippen molar-refractivity contribution in [2.75, 3.05) is 19.4 Å². The van der Waals surface area contributed by atoms with Gasteiger partial charge < -0.3 is 10.2 Å². The van der Waals surface area contributed by atoms with Crippen LogP contribution >= 0.6 is 22.9 Å². The first-order valence-corrected chi connectivity index (χ1v) is 14.4. The van der Waals surface area contributed by atoms with Crippen LogP contribution in [0.25, 0.3) is 15.7 Å². The number of hydrogen-bond acceptors (Lipinski definition) is 5. The van der Waals surface area contributed by atoms with E-state index in [1.54, 1.807) is 13.0 Å². The molecule has 0 amide bonds. The molecular weight excluding hydrogens is 484 g/mol. The van der Waals surface area contributed by atoms with E-state index in [0.717, 1.165) is 40.6 Å². The summed E-state index contributed by atoms with van der Waals surface area (Å²) in [5.41, 5.74) is 7.00. The van der Waals surface area contributed by atoms with Crippen LogP contribution in [0.1, 0.15) is 50.3 Å². The third-order valence-electron chi connectivity index (χ3n) is 7.05. The third kappa shape index (κ3) is 4.78. The maximum Gasteiger partial charge on any atom is 0.208 e. The van der Waals surface area contributed by atoms with Crippen LogP contribution in [0.3, 0.4) is 0 Å². The van der Waals surface area contributed by atoms with Crippen LogP contribution in [0.2, 0.25) is 5.02 Å². The molecule has 4 nitrogen and oxygen atoms in total. The lowest BCUT2D eigenvalue weighted by Gasteiger charge is -2.21. The fraction of sp³-hybridized carbons (Fsp3) is 0.407. The van der Waals surface area contributed by atoms with Crippen LogP contribution in [0.4, 0.5) is 5.69 Å². The molecule has 1 aliphatic rings. The Labute approximate surface area is 212 Å². The molecule has 7 heteroatoms. The maximum atomic E-state index is 13.5. The second-order valence-electron chi connectivity index (χ2n) is 9.65. The number of hydrogen-bond donors (Lipinski definition) is 1. The van der Waals surface area contributed by atoms with E-state index >= 15 is 0 Å². The van der Waals surface area contributed by atoms with Gasteiger partial charge in [0.1, 0.15) is 9.58 Å². The van der Waals surface area contributed by atoms with Gasteiger partial charge in [-0.3, -0.25) is 0 Å². The fourth-order valence-electron chi connectivity index (χ4n) is 4.60. The van der Waals surface area contributed by atoms with Gasteiger partial charge in [-0.1, -0.05) is 23.2 Å². The summed E-state index contributed by atoms with van der Waals surface area (Å²) in [7, 11) is 0.668. The first-order valence-electron chi connectivity index (χ1n) is 11.7. The van der Waals surface area contributed by atoms with Crippen molar-refractivity contribution < 1.29 is 8.42 Å². The fourth-order valence-corrected chi connectivity index (χ4v) is 8.01. The van der Waals surface area contributed by atoms with Gasteiger partial charge in [0.2, 0.25) is 9.84 Å². The number of anilines is 1. The lowest BCUT2D eigenvalue weighted by molar-refractivity contribution is 0.301. The lowest BCUT2D eigenvalue weighted by atomic mass is 9.98. The maximum absolute atomic E-state index is 13.5. The highest BCUT2D eigenvalue weighted by molar-refractivity contribution is 7.94. The molecule has 2 aromatic carbocycles. The summed E-state index contributed by atoms with van der Waals surface area (Å²) in [6.07, 6.45) is 3.09. The van der Waals surface area contributed by atoms with Gasteiger partial charge in [0.15, 0.2) is 0 Å². The SMILES string of the molecule is CC1=C(CCC(C)N(C)C)c2cc(NC(C)S(=O)(=O)c3sc4ccc(Cl)cc4c3C)ccc2C1. The Hall–Kier alpha value is -1.86. The number of allylic oxidation sites excluding steroid dienone is 2. The van der Waals surface area contributed by atoms with Crippen LogP contribution in [-0.4, -0.2) is 38.8 Å².